The number of pyridine rings is 1. The summed E-state index contributed by atoms with van der Waals surface area (Å²) in [5, 5.41) is 11.8. The number of aromatic nitrogens is 2. The highest BCUT2D eigenvalue weighted by Crippen LogP contribution is 2.48. The topological polar surface area (TPSA) is 73.6 Å². The van der Waals surface area contributed by atoms with Gasteiger partial charge in [-0.2, -0.15) is 0 Å². The largest absolute Gasteiger partial charge is 0.506 e. The van der Waals surface area contributed by atoms with Gasteiger partial charge in [-0.1, -0.05) is 30.7 Å². The Morgan fingerprint density at radius 2 is 1.95 bits per heavy atom. The van der Waals surface area contributed by atoms with E-state index in [1.807, 2.05) is 55.9 Å². The van der Waals surface area contributed by atoms with E-state index < -0.39 is 5.41 Å². The molecule has 2 aromatic heterocycles. The zero-order valence-electron chi connectivity index (χ0n) is 22.0. The SMILES string of the molecule is COC(=O)C(C)(C)Cc1c2c3c(c(OCc4ccc(O)cn4)ccc3n1Cc1ccc(Cl)cc1)CC(C)S2. The second-order valence-electron chi connectivity index (χ2n) is 10.4. The Kier molecular flexibility index (Phi) is 7.34. The van der Waals surface area contributed by atoms with E-state index in [0.29, 0.717) is 29.8 Å². The van der Waals surface area contributed by atoms with E-state index in [9.17, 15) is 9.90 Å². The summed E-state index contributed by atoms with van der Waals surface area (Å²) in [4.78, 5) is 18.2. The minimum Gasteiger partial charge on any atom is -0.506 e. The van der Waals surface area contributed by atoms with Crippen molar-refractivity contribution in [3.8, 4) is 11.5 Å². The predicted octanol–water partition coefficient (Wildman–Crippen LogP) is 6.80. The van der Waals surface area contributed by atoms with E-state index in [4.69, 9.17) is 21.1 Å². The molecule has 1 atom stereocenters. The second-order valence-corrected chi connectivity index (χ2v) is 12.3. The normalized spacial score (nSPS) is 15.0. The number of nitrogens with zero attached hydrogens (tertiary/aromatic N) is 2. The van der Waals surface area contributed by atoms with Crippen LogP contribution in [0.3, 0.4) is 0 Å². The van der Waals surface area contributed by atoms with Gasteiger partial charge in [-0.3, -0.25) is 9.78 Å². The summed E-state index contributed by atoms with van der Waals surface area (Å²) < 4.78 is 13.8. The number of halogens is 1. The molecule has 0 aliphatic carbocycles. The molecule has 3 heterocycles. The maximum absolute atomic E-state index is 12.7. The second kappa shape index (κ2) is 10.5. The van der Waals surface area contributed by atoms with Crippen LogP contribution in [-0.2, 0) is 35.5 Å². The first-order valence-electron chi connectivity index (χ1n) is 12.6. The summed E-state index contributed by atoms with van der Waals surface area (Å²) in [7, 11) is 1.44. The molecule has 1 aliphatic rings. The molecule has 1 N–H and O–H groups in total. The van der Waals surface area contributed by atoms with E-state index in [2.05, 4.69) is 22.5 Å². The van der Waals surface area contributed by atoms with Crippen molar-refractivity contribution < 1.29 is 19.4 Å². The van der Waals surface area contributed by atoms with Crippen molar-refractivity contribution in [2.24, 2.45) is 5.41 Å². The number of ether oxygens (including phenoxy) is 2. The predicted molar refractivity (Wildman–Crippen MR) is 151 cm³/mol. The summed E-state index contributed by atoms with van der Waals surface area (Å²) >= 11 is 8.02. The molecule has 0 saturated heterocycles. The summed E-state index contributed by atoms with van der Waals surface area (Å²) in [6, 6.07) is 15.4. The number of hydrogen-bond acceptors (Lipinski definition) is 6. The van der Waals surface area contributed by atoms with Gasteiger partial charge in [0.1, 0.15) is 18.1 Å². The van der Waals surface area contributed by atoms with Crippen LogP contribution in [0.5, 0.6) is 11.5 Å². The molecule has 1 aliphatic heterocycles. The van der Waals surface area contributed by atoms with E-state index in [1.54, 1.807) is 12.1 Å². The molecule has 0 amide bonds. The number of carbonyl (C=O) groups is 1. The monoisotopic (exact) mass is 550 g/mol. The molecule has 0 fully saturated rings. The fourth-order valence-electron chi connectivity index (χ4n) is 5.05. The number of esters is 1. The average molecular weight is 551 g/mol. The molecule has 198 valence electrons. The average Bonchev–Trinajstić information content (AvgIpc) is 3.17. The number of benzene rings is 2. The van der Waals surface area contributed by atoms with Crippen molar-refractivity contribution in [1.29, 1.82) is 0 Å². The Morgan fingerprint density at radius 1 is 1.18 bits per heavy atom. The molecule has 4 aromatic rings. The molecule has 0 radical (unpaired) electrons. The lowest BCUT2D eigenvalue weighted by Crippen LogP contribution is -2.29. The Hall–Kier alpha value is -3.16. The van der Waals surface area contributed by atoms with Crippen molar-refractivity contribution in [2.45, 2.75) is 56.9 Å². The van der Waals surface area contributed by atoms with Crippen molar-refractivity contribution in [2.75, 3.05) is 7.11 Å². The van der Waals surface area contributed by atoms with Crippen LogP contribution >= 0.6 is 23.4 Å². The van der Waals surface area contributed by atoms with Crippen LogP contribution in [0, 0.1) is 5.41 Å². The van der Waals surface area contributed by atoms with Gasteiger partial charge >= 0.3 is 5.97 Å². The number of carbonyl (C=O) groups excluding carboxylic acids is 1. The van der Waals surface area contributed by atoms with Gasteiger partial charge in [0, 0.05) is 44.8 Å². The lowest BCUT2D eigenvalue weighted by molar-refractivity contribution is -0.150. The number of rotatable bonds is 8. The molecule has 8 heteroatoms. The molecule has 2 aromatic carbocycles. The van der Waals surface area contributed by atoms with Gasteiger partial charge in [0.15, 0.2) is 0 Å². The zero-order chi connectivity index (χ0) is 27.0. The Morgan fingerprint density at radius 3 is 2.63 bits per heavy atom. The number of hydrogen-bond donors (Lipinski definition) is 1. The van der Waals surface area contributed by atoms with Gasteiger partial charge in [-0.15, -0.1) is 11.8 Å². The molecule has 0 bridgehead atoms. The van der Waals surface area contributed by atoms with Crippen molar-refractivity contribution in [3.63, 3.8) is 0 Å². The van der Waals surface area contributed by atoms with Crippen LogP contribution in [0.25, 0.3) is 10.9 Å². The first-order chi connectivity index (χ1) is 18.2. The van der Waals surface area contributed by atoms with Gasteiger partial charge in [-0.05, 0) is 62.2 Å². The third kappa shape index (κ3) is 5.22. The first kappa shape index (κ1) is 26.4. The number of thioether (sulfide) groups is 1. The van der Waals surface area contributed by atoms with Crippen LogP contribution in [0.15, 0.2) is 59.6 Å². The molecule has 5 rings (SSSR count). The fraction of sp³-hybridized carbons (Fsp3) is 0.333. The van der Waals surface area contributed by atoms with Crippen molar-refractivity contribution in [3.05, 3.63) is 82.3 Å². The highest BCUT2D eigenvalue weighted by atomic mass is 35.5. The zero-order valence-corrected chi connectivity index (χ0v) is 23.5. The van der Waals surface area contributed by atoms with Crippen LogP contribution in [-0.4, -0.2) is 33.0 Å². The summed E-state index contributed by atoms with van der Waals surface area (Å²) in [6.07, 6.45) is 2.84. The maximum Gasteiger partial charge on any atom is 0.311 e. The molecule has 38 heavy (non-hydrogen) atoms. The van der Waals surface area contributed by atoms with Crippen LogP contribution in [0.2, 0.25) is 5.02 Å². The van der Waals surface area contributed by atoms with E-state index in [0.717, 1.165) is 34.6 Å². The first-order valence-corrected chi connectivity index (χ1v) is 13.8. The minimum atomic E-state index is -0.692. The van der Waals surface area contributed by atoms with Gasteiger partial charge in [0.2, 0.25) is 0 Å². The number of methoxy groups -OCH3 is 1. The molecular weight excluding hydrogens is 520 g/mol. The van der Waals surface area contributed by atoms with E-state index >= 15 is 0 Å². The van der Waals surface area contributed by atoms with Gasteiger partial charge in [-0.25, -0.2) is 0 Å². The smallest absolute Gasteiger partial charge is 0.311 e. The van der Waals surface area contributed by atoms with Crippen LogP contribution in [0.4, 0.5) is 0 Å². The fourth-order valence-corrected chi connectivity index (χ4v) is 6.49. The van der Waals surface area contributed by atoms with E-state index in [-0.39, 0.29) is 11.7 Å². The highest BCUT2D eigenvalue weighted by Gasteiger charge is 2.35. The number of aromatic hydroxyl groups is 1. The van der Waals surface area contributed by atoms with Gasteiger partial charge in [0.25, 0.3) is 0 Å². The standard InChI is InChI=1S/C30H31ClN2O4S/c1-18-13-23-26(37-17-21-9-10-22(34)15-32-21)12-11-24-27(23)28(38-18)25(14-30(2,3)29(35)36-4)33(24)16-19-5-7-20(31)8-6-19/h5-12,15,18,34H,13-14,16-17H2,1-4H3. The van der Waals surface area contributed by atoms with Gasteiger partial charge < -0.3 is 19.1 Å². The summed E-state index contributed by atoms with van der Waals surface area (Å²) in [6.45, 7) is 7.07. The quantitative estimate of drug-likeness (QED) is 0.243. The van der Waals surface area contributed by atoms with Crippen LogP contribution < -0.4 is 4.74 Å². The van der Waals surface area contributed by atoms with Gasteiger partial charge in [0.05, 0.1) is 29.9 Å². The lowest BCUT2D eigenvalue weighted by atomic mass is 9.87. The van der Waals surface area contributed by atoms with E-state index in [1.165, 1.54) is 29.2 Å². The minimum absolute atomic E-state index is 0.130. The molecule has 6 nitrogen and oxygen atoms in total. The maximum atomic E-state index is 12.7. The Balaban J connectivity index is 1.62. The van der Waals surface area contributed by atoms with Crippen molar-refractivity contribution >= 4 is 40.2 Å². The summed E-state index contributed by atoms with van der Waals surface area (Å²) in [5.41, 5.74) is 4.61. The molecule has 1 unspecified atom stereocenters. The molecule has 0 saturated carbocycles. The Labute approximate surface area is 231 Å². The van der Waals surface area contributed by atoms with Crippen LogP contribution in [0.1, 0.15) is 43.3 Å². The third-order valence-electron chi connectivity index (χ3n) is 6.95. The highest BCUT2D eigenvalue weighted by molar-refractivity contribution is 8.00. The third-order valence-corrected chi connectivity index (χ3v) is 8.45. The molecule has 0 spiro atoms. The molecular formula is C30H31ClN2O4S. The van der Waals surface area contributed by atoms with Crippen molar-refractivity contribution in [1.82, 2.24) is 9.55 Å². The lowest BCUT2D eigenvalue weighted by Gasteiger charge is -2.25. The Bertz CT molecular complexity index is 1480. The summed E-state index contributed by atoms with van der Waals surface area (Å²) in [5.74, 6) is 0.737.